The SMILES string of the molecule is CCNc1cc(N2CCn3cnnc3C2)ncn1. The zero-order chi connectivity index (χ0) is 12.4. The summed E-state index contributed by atoms with van der Waals surface area (Å²) in [6.07, 6.45) is 3.36. The third-order valence-corrected chi connectivity index (χ3v) is 2.97. The second-order valence-corrected chi connectivity index (χ2v) is 4.15. The highest BCUT2D eigenvalue weighted by Crippen LogP contribution is 2.19. The van der Waals surface area contributed by atoms with Crippen LogP contribution in [0.5, 0.6) is 0 Å². The number of hydrogen-bond acceptors (Lipinski definition) is 6. The van der Waals surface area contributed by atoms with Gasteiger partial charge in [0.15, 0.2) is 5.82 Å². The van der Waals surface area contributed by atoms with E-state index in [9.17, 15) is 0 Å². The van der Waals surface area contributed by atoms with Crippen molar-refractivity contribution in [3.8, 4) is 0 Å². The Morgan fingerprint density at radius 2 is 2.28 bits per heavy atom. The van der Waals surface area contributed by atoms with Gasteiger partial charge < -0.3 is 14.8 Å². The van der Waals surface area contributed by atoms with Gasteiger partial charge in [0, 0.05) is 25.7 Å². The molecule has 0 bridgehead atoms. The molecule has 0 saturated carbocycles. The van der Waals surface area contributed by atoms with Crippen molar-refractivity contribution in [1.29, 1.82) is 0 Å². The lowest BCUT2D eigenvalue weighted by molar-refractivity contribution is 0.556. The Hall–Kier alpha value is -2.18. The van der Waals surface area contributed by atoms with Crippen LogP contribution in [0, 0.1) is 0 Å². The van der Waals surface area contributed by atoms with E-state index in [1.54, 1.807) is 12.7 Å². The molecule has 2 aromatic heterocycles. The average molecular weight is 245 g/mol. The van der Waals surface area contributed by atoms with Crippen molar-refractivity contribution in [1.82, 2.24) is 24.7 Å². The normalized spacial score (nSPS) is 14.4. The van der Waals surface area contributed by atoms with Crippen LogP contribution >= 0.6 is 0 Å². The second-order valence-electron chi connectivity index (χ2n) is 4.15. The van der Waals surface area contributed by atoms with Gasteiger partial charge in [0.05, 0.1) is 6.54 Å². The molecular formula is C11H15N7. The van der Waals surface area contributed by atoms with Crippen LogP contribution in [0.25, 0.3) is 0 Å². The fourth-order valence-electron chi connectivity index (χ4n) is 2.06. The van der Waals surface area contributed by atoms with Gasteiger partial charge in [0.25, 0.3) is 0 Å². The highest BCUT2D eigenvalue weighted by atomic mass is 15.3. The summed E-state index contributed by atoms with van der Waals surface area (Å²) in [6, 6.07) is 1.97. The minimum absolute atomic E-state index is 0.739. The third-order valence-electron chi connectivity index (χ3n) is 2.97. The number of fused-ring (bicyclic) bond motifs is 1. The van der Waals surface area contributed by atoms with Crippen molar-refractivity contribution < 1.29 is 0 Å². The molecule has 1 aliphatic heterocycles. The number of nitrogens with one attached hydrogen (secondary N) is 1. The summed E-state index contributed by atoms with van der Waals surface area (Å²) in [6.45, 7) is 5.44. The van der Waals surface area contributed by atoms with Gasteiger partial charge in [0.2, 0.25) is 0 Å². The smallest absolute Gasteiger partial charge is 0.152 e. The summed E-state index contributed by atoms with van der Waals surface area (Å²) >= 11 is 0. The number of aromatic nitrogens is 5. The molecule has 2 aromatic rings. The van der Waals surface area contributed by atoms with Crippen LogP contribution in [0.4, 0.5) is 11.6 Å². The molecule has 0 radical (unpaired) electrons. The Morgan fingerprint density at radius 3 is 3.17 bits per heavy atom. The zero-order valence-electron chi connectivity index (χ0n) is 10.2. The Balaban J connectivity index is 1.81. The lowest BCUT2D eigenvalue weighted by atomic mass is 10.3. The molecule has 7 nitrogen and oxygen atoms in total. The maximum atomic E-state index is 4.32. The molecule has 1 N–H and O–H groups in total. The predicted octanol–water partition coefficient (Wildman–Crippen LogP) is 0.520. The van der Waals surface area contributed by atoms with Crippen molar-refractivity contribution >= 4 is 11.6 Å². The minimum atomic E-state index is 0.739. The fourth-order valence-corrected chi connectivity index (χ4v) is 2.06. The lowest BCUT2D eigenvalue weighted by Crippen LogP contribution is -2.34. The van der Waals surface area contributed by atoms with Gasteiger partial charge >= 0.3 is 0 Å². The number of rotatable bonds is 3. The van der Waals surface area contributed by atoms with Crippen LogP contribution in [0.1, 0.15) is 12.7 Å². The molecular weight excluding hydrogens is 230 g/mol. The molecule has 0 atom stereocenters. The molecule has 0 aliphatic carbocycles. The van der Waals surface area contributed by atoms with E-state index >= 15 is 0 Å². The first-order valence-corrected chi connectivity index (χ1v) is 6.04. The summed E-state index contributed by atoms with van der Waals surface area (Å²) in [7, 11) is 0. The molecule has 0 amide bonds. The molecule has 0 saturated heterocycles. The molecule has 3 rings (SSSR count). The van der Waals surface area contributed by atoms with Crippen LogP contribution in [0.2, 0.25) is 0 Å². The molecule has 18 heavy (non-hydrogen) atoms. The molecule has 0 aromatic carbocycles. The van der Waals surface area contributed by atoms with Crippen LogP contribution in [0.3, 0.4) is 0 Å². The molecule has 0 spiro atoms. The molecule has 7 heteroatoms. The highest BCUT2D eigenvalue weighted by molar-refractivity contribution is 5.48. The van der Waals surface area contributed by atoms with Crippen LogP contribution in [-0.4, -0.2) is 37.8 Å². The van der Waals surface area contributed by atoms with Crippen molar-refractivity contribution in [2.45, 2.75) is 20.0 Å². The summed E-state index contributed by atoms with van der Waals surface area (Å²) < 4.78 is 2.07. The van der Waals surface area contributed by atoms with E-state index in [1.165, 1.54) is 0 Å². The monoisotopic (exact) mass is 245 g/mol. The average Bonchev–Trinajstić information content (AvgIpc) is 2.86. The molecule has 1 aliphatic rings. The van der Waals surface area contributed by atoms with Gasteiger partial charge in [-0.25, -0.2) is 9.97 Å². The second kappa shape index (κ2) is 4.59. The lowest BCUT2D eigenvalue weighted by Gasteiger charge is -2.28. The minimum Gasteiger partial charge on any atom is -0.370 e. The Bertz CT molecular complexity index is 536. The number of nitrogens with zero attached hydrogens (tertiary/aromatic N) is 6. The van der Waals surface area contributed by atoms with Gasteiger partial charge in [-0.2, -0.15) is 0 Å². The van der Waals surface area contributed by atoms with E-state index in [2.05, 4.69) is 34.9 Å². The summed E-state index contributed by atoms with van der Waals surface area (Å²) in [4.78, 5) is 10.7. The molecule has 0 unspecified atom stereocenters. The van der Waals surface area contributed by atoms with E-state index in [4.69, 9.17) is 0 Å². The van der Waals surface area contributed by atoms with E-state index in [0.717, 1.165) is 43.6 Å². The highest BCUT2D eigenvalue weighted by Gasteiger charge is 2.18. The number of hydrogen-bond donors (Lipinski definition) is 1. The maximum absolute atomic E-state index is 4.32. The quantitative estimate of drug-likeness (QED) is 0.850. The first kappa shape index (κ1) is 10.9. The van der Waals surface area contributed by atoms with E-state index in [0.29, 0.717) is 0 Å². The van der Waals surface area contributed by atoms with Gasteiger partial charge in [0.1, 0.15) is 24.3 Å². The first-order valence-electron chi connectivity index (χ1n) is 6.04. The van der Waals surface area contributed by atoms with Gasteiger partial charge in [-0.3, -0.25) is 0 Å². The van der Waals surface area contributed by atoms with Gasteiger partial charge in [-0.05, 0) is 6.92 Å². The summed E-state index contributed by atoms with van der Waals surface area (Å²) in [5.74, 6) is 2.76. The van der Waals surface area contributed by atoms with Crippen LogP contribution in [0.15, 0.2) is 18.7 Å². The topological polar surface area (TPSA) is 71.8 Å². The van der Waals surface area contributed by atoms with E-state index in [1.807, 2.05) is 13.0 Å². The largest absolute Gasteiger partial charge is 0.370 e. The summed E-state index contributed by atoms with van der Waals surface area (Å²) in [5, 5.41) is 11.2. The van der Waals surface area contributed by atoms with Crippen LogP contribution in [-0.2, 0) is 13.1 Å². The fraction of sp³-hybridized carbons (Fsp3) is 0.455. The Morgan fingerprint density at radius 1 is 1.33 bits per heavy atom. The van der Waals surface area contributed by atoms with Crippen molar-refractivity contribution in [2.24, 2.45) is 0 Å². The van der Waals surface area contributed by atoms with Crippen molar-refractivity contribution in [3.63, 3.8) is 0 Å². The third kappa shape index (κ3) is 1.99. The summed E-state index contributed by atoms with van der Waals surface area (Å²) in [5.41, 5.74) is 0. The van der Waals surface area contributed by atoms with Gasteiger partial charge in [-0.1, -0.05) is 0 Å². The van der Waals surface area contributed by atoms with E-state index < -0.39 is 0 Å². The van der Waals surface area contributed by atoms with Crippen molar-refractivity contribution in [2.75, 3.05) is 23.3 Å². The molecule has 3 heterocycles. The zero-order valence-corrected chi connectivity index (χ0v) is 10.2. The molecule has 0 fully saturated rings. The maximum Gasteiger partial charge on any atom is 0.152 e. The number of anilines is 2. The molecule has 94 valence electrons. The first-order chi connectivity index (χ1) is 8.86. The van der Waals surface area contributed by atoms with Crippen molar-refractivity contribution in [3.05, 3.63) is 24.5 Å². The Labute approximate surface area is 105 Å². The van der Waals surface area contributed by atoms with Gasteiger partial charge in [-0.15, -0.1) is 10.2 Å². The van der Waals surface area contributed by atoms with E-state index in [-0.39, 0.29) is 0 Å². The Kier molecular flexibility index (Phi) is 2.79. The standard InChI is InChI=1S/C11H15N7/c1-2-12-9-5-10(14-7-13-9)17-3-4-18-8-15-16-11(18)6-17/h5,7-8H,2-4,6H2,1H3,(H,12,13,14). The van der Waals surface area contributed by atoms with Crippen LogP contribution < -0.4 is 10.2 Å². The predicted molar refractivity (Wildman–Crippen MR) is 67.3 cm³/mol.